The van der Waals surface area contributed by atoms with Crippen LogP contribution in [0.15, 0.2) is 53.9 Å². The van der Waals surface area contributed by atoms with Crippen molar-refractivity contribution in [3.63, 3.8) is 0 Å². The number of carbonyl (C=O) groups is 1. The number of hydrogen-bond donors (Lipinski definition) is 1. The number of thiazole rings is 1. The highest BCUT2D eigenvalue weighted by molar-refractivity contribution is 8.16. The molecule has 0 aliphatic carbocycles. The summed E-state index contributed by atoms with van der Waals surface area (Å²) in [6.45, 7) is 2.02. The summed E-state index contributed by atoms with van der Waals surface area (Å²) >= 11 is 5.41. The Balaban J connectivity index is 1.30. The van der Waals surface area contributed by atoms with E-state index >= 15 is 0 Å². The third kappa shape index (κ3) is 5.35. The molecule has 1 amide bonds. The summed E-state index contributed by atoms with van der Waals surface area (Å²) < 4.78 is 6.15. The van der Waals surface area contributed by atoms with Gasteiger partial charge in [0.2, 0.25) is 0 Å². The molecule has 1 fully saturated rings. The third-order valence-corrected chi connectivity index (χ3v) is 8.29. The number of benzene rings is 2. The molecule has 0 spiro atoms. The molecule has 0 unspecified atom stereocenters. The summed E-state index contributed by atoms with van der Waals surface area (Å²) in [5.74, 6) is 2.93. The number of hydrogen-bond acceptors (Lipinski definition) is 6. The van der Waals surface area contributed by atoms with Gasteiger partial charge in [0.1, 0.15) is 5.75 Å². The number of thioether (sulfide) groups is 2. The predicted octanol–water partition coefficient (Wildman–Crippen LogP) is 6.00. The van der Waals surface area contributed by atoms with Crippen molar-refractivity contribution < 1.29 is 9.53 Å². The first-order chi connectivity index (χ1) is 14.2. The molecule has 7 heteroatoms. The van der Waals surface area contributed by atoms with E-state index in [2.05, 4.69) is 35.4 Å². The van der Waals surface area contributed by atoms with Crippen molar-refractivity contribution in [3.05, 3.63) is 65.0 Å². The smallest absolute Gasteiger partial charge is 0.264 e. The van der Waals surface area contributed by atoms with Crippen molar-refractivity contribution in [2.45, 2.75) is 17.9 Å². The highest BCUT2D eigenvalue weighted by Crippen LogP contribution is 2.43. The van der Waals surface area contributed by atoms with Crippen molar-refractivity contribution in [1.82, 2.24) is 4.98 Å². The summed E-state index contributed by atoms with van der Waals surface area (Å²) in [5, 5.41) is 5.36. The Hall–Kier alpha value is -1.96. The maximum absolute atomic E-state index is 12.2. The van der Waals surface area contributed by atoms with Gasteiger partial charge < -0.3 is 4.74 Å². The molecule has 1 N–H and O–H groups in total. The van der Waals surface area contributed by atoms with E-state index in [0.717, 1.165) is 16.8 Å². The molecule has 2 heterocycles. The van der Waals surface area contributed by atoms with Crippen LogP contribution in [0.2, 0.25) is 0 Å². The van der Waals surface area contributed by atoms with Gasteiger partial charge in [0.05, 0.1) is 10.3 Å². The molecule has 3 aromatic rings. The van der Waals surface area contributed by atoms with E-state index in [1.165, 1.54) is 34.8 Å². The lowest BCUT2D eigenvalue weighted by Crippen LogP contribution is -2.20. The van der Waals surface area contributed by atoms with Crippen LogP contribution in [-0.4, -0.2) is 29.0 Å². The average molecular weight is 443 g/mol. The topological polar surface area (TPSA) is 51.2 Å². The number of aryl methyl sites for hydroxylation is 1. The zero-order valence-corrected chi connectivity index (χ0v) is 18.5. The Kier molecular flexibility index (Phi) is 6.79. The van der Waals surface area contributed by atoms with Crippen molar-refractivity contribution in [2.75, 3.05) is 23.4 Å². The molecule has 4 rings (SSSR count). The van der Waals surface area contributed by atoms with Gasteiger partial charge in [0.25, 0.3) is 5.91 Å². The summed E-state index contributed by atoms with van der Waals surface area (Å²) in [6.07, 6.45) is 1.29. The maximum atomic E-state index is 12.2. The van der Waals surface area contributed by atoms with Crippen LogP contribution >= 0.6 is 34.9 Å². The van der Waals surface area contributed by atoms with E-state index in [1.54, 1.807) is 0 Å². The second kappa shape index (κ2) is 9.69. The first kappa shape index (κ1) is 20.3. The molecule has 0 atom stereocenters. The minimum absolute atomic E-state index is 0.0362. The summed E-state index contributed by atoms with van der Waals surface area (Å²) in [6, 6.07) is 16.2. The van der Waals surface area contributed by atoms with Gasteiger partial charge >= 0.3 is 0 Å². The van der Waals surface area contributed by atoms with Gasteiger partial charge in [-0.05, 0) is 48.1 Å². The molecule has 2 aromatic carbocycles. The zero-order valence-electron chi connectivity index (χ0n) is 16.1. The predicted molar refractivity (Wildman–Crippen MR) is 125 cm³/mol. The summed E-state index contributed by atoms with van der Waals surface area (Å²) in [4.78, 5) is 16.8. The Morgan fingerprint density at radius 2 is 1.90 bits per heavy atom. The van der Waals surface area contributed by atoms with Crippen molar-refractivity contribution in [1.29, 1.82) is 0 Å². The number of anilines is 1. The van der Waals surface area contributed by atoms with Crippen LogP contribution < -0.4 is 10.1 Å². The van der Waals surface area contributed by atoms with Gasteiger partial charge in [-0.25, -0.2) is 4.98 Å². The first-order valence-corrected chi connectivity index (χ1v) is 12.4. The number of nitrogens with one attached hydrogen (secondary N) is 1. The van der Waals surface area contributed by atoms with Crippen LogP contribution in [0.4, 0.5) is 5.13 Å². The minimum atomic E-state index is -0.210. The van der Waals surface area contributed by atoms with E-state index in [-0.39, 0.29) is 12.5 Å². The van der Waals surface area contributed by atoms with Crippen LogP contribution in [0.1, 0.15) is 22.1 Å². The van der Waals surface area contributed by atoms with Crippen LogP contribution in [0.3, 0.4) is 0 Å². The van der Waals surface area contributed by atoms with Gasteiger partial charge in [-0.15, -0.1) is 34.9 Å². The van der Waals surface area contributed by atoms with E-state index in [9.17, 15) is 4.79 Å². The number of carbonyl (C=O) groups excluding carboxylic acids is 1. The Morgan fingerprint density at radius 1 is 1.14 bits per heavy atom. The van der Waals surface area contributed by atoms with Gasteiger partial charge in [0, 0.05) is 10.9 Å². The van der Waals surface area contributed by atoms with Crippen LogP contribution in [0, 0.1) is 6.92 Å². The van der Waals surface area contributed by atoms with Crippen LogP contribution in [0.25, 0.3) is 11.3 Å². The molecule has 29 heavy (non-hydrogen) atoms. The van der Waals surface area contributed by atoms with E-state index in [4.69, 9.17) is 4.74 Å². The molecule has 150 valence electrons. The molecule has 0 bridgehead atoms. The Morgan fingerprint density at radius 3 is 2.66 bits per heavy atom. The third-order valence-electron chi connectivity index (χ3n) is 4.52. The molecular formula is C22H22N2O2S3. The normalized spacial score (nSPS) is 14.5. The lowest BCUT2D eigenvalue weighted by molar-refractivity contribution is -0.118. The fourth-order valence-electron chi connectivity index (χ4n) is 3.02. The number of ether oxygens (including phenoxy) is 1. The molecule has 1 saturated heterocycles. The molecule has 1 aliphatic rings. The highest BCUT2D eigenvalue weighted by atomic mass is 32.2. The van der Waals surface area contributed by atoms with E-state index in [1.807, 2.05) is 59.2 Å². The Labute approximate surface area is 183 Å². The fourth-order valence-corrected chi connectivity index (χ4v) is 6.64. The number of nitrogens with zero attached hydrogens (tertiary/aromatic N) is 1. The van der Waals surface area contributed by atoms with Gasteiger partial charge in [-0.1, -0.05) is 36.4 Å². The molecule has 0 radical (unpaired) electrons. The van der Waals surface area contributed by atoms with Gasteiger partial charge in [0.15, 0.2) is 11.7 Å². The molecule has 0 saturated carbocycles. The minimum Gasteiger partial charge on any atom is -0.484 e. The molecular weight excluding hydrogens is 420 g/mol. The van der Waals surface area contributed by atoms with Crippen molar-refractivity contribution >= 4 is 45.9 Å². The lowest BCUT2D eigenvalue weighted by atomic mass is 10.1. The first-order valence-electron chi connectivity index (χ1n) is 9.46. The van der Waals surface area contributed by atoms with Crippen molar-refractivity contribution in [3.8, 4) is 17.0 Å². The second-order valence-corrected chi connectivity index (χ2v) is 10.3. The number of aromatic nitrogens is 1. The van der Waals surface area contributed by atoms with E-state index in [0.29, 0.717) is 15.5 Å². The van der Waals surface area contributed by atoms with Crippen LogP contribution in [-0.2, 0) is 4.79 Å². The maximum Gasteiger partial charge on any atom is 0.264 e. The van der Waals surface area contributed by atoms with E-state index < -0.39 is 0 Å². The van der Waals surface area contributed by atoms with Gasteiger partial charge in [-0.2, -0.15) is 0 Å². The van der Waals surface area contributed by atoms with Crippen molar-refractivity contribution in [2.24, 2.45) is 0 Å². The SMILES string of the molecule is Cc1ccccc1-c1csc(NC(=O)COc2ccc(C3SCCCS3)cc2)n1. The van der Waals surface area contributed by atoms with Crippen LogP contribution in [0.5, 0.6) is 5.75 Å². The summed E-state index contributed by atoms with van der Waals surface area (Å²) in [5.41, 5.74) is 4.42. The number of rotatable bonds is 6. The second-order valence-electron chi connectivity index (χ2n) is 6.69. The Bertz CT molecular complexity index is 966. The monoisotopic (exact) mass is 442 g/mol. The fraction of sp³-hybridized carbons (Fsp3) is 0.273. The average Bonchev–Trinajstić information content (AvgIpc) is 3.22. The molecule has 1 aliphatic heterocycles. The van der Waals surface area contributed by atoms with Gasteiger partial charge in [-0.3, -0.25) is 10.1 Å². The lowest BCUT2D eigenvalue weighted by Gasteiger charge is -2.21. The quantitative estimate of drug-likeness (QED) is 0.507. The largest absolute Gasteiger partial charge is 0.484 e. The molecule has 1 aromatic heterocycles. The zero-order chi connectivity index (χ0) is 20.1. The molecule has 4 nitrogen and oxygen atoms in total. The highest BCUT2D eigenvalue weighted by Gasteiger charge is 2.16. The summed E-state index contributed by atoms with van der Waals surface area (Å²) in [7, 11) is 0. The standard InChI is InChI=1S/C22H22N2O2S3/c1-15-5-2-3-6-18(15)19-14-29-22(23-19)24-20(25)13-26-17-9-7-16(8-10-17)21-27-11-4-12-28-21/h2-3,5-10,14,21H,4,11-13H2,1H3,(H,23,24,25). The number of amides is 1.